The summed E-state index contributed by atoms with van der Waals surface area (Å²) >= 11 is 0. The average molecular weight is 391 g/mol. The third-order valence-electron chi connectivity index (χ3n) is 6.03. The van der Waals surface area contributed by atoms with E-state index in [9.17, 15) is 4.79 Å². The number of aromatic nitrogens is 2. The number of carbonyl (C=O) groups is 1. The van der Waals surface area contributed by atoms with E-state index in [1.807, 2.05) is 24.4 Å². The van der Waals surface area contributed by atoms with Gasteiger partial charge >= 0.3 is 0 Å². The molecular weight excluding hydrogens is 360 g/mol. The normalized spacial score (nSPS) is 16.7. The van der Waals surface area contributed by atoms with Crippen LogP contribution in [0.3, 0.4) is 0 Å². The van der Waals surface area contributed by atoms with Crippen molar-refractivity contribution in [1.29, 1.82) is 0 Å². The summed E-state index contributed by atoms with van der Waals surface area (Å²) in [7, 11) is 0. The summed E-state index contributed by atoms with van der Waals surface area (Å²) in [5.41, 5.74) is 3.57. The number of carbonyl (C=O) groups excluding carboxylic acids is 1. The minimum Gasteiger partial charge on any atom is -0.355 e. The van der Waals surface area contributed by atoms with E-state index in [0.29, 0.717) is 19.0 Å². The SMILES string of the molecule is CC(CC(=O)NCC(Cc1ccc2[nH]ncc2c1)N1CCCC1)c1ccccc1. The maximum absolute atomic E-state index is 12.6. The van der Waals surface area contributed by atoms with Crippen molar-refractivity contribution in [1.82, 2.24) is 20.4 Å². The van der Waals surface area contributed by atoms with Gasteiger partial charge in [0.25, 0.3) is 0 Å². The monoisotopic (exact) mass is 390 g/mol. The van der Waals surface area contributed by atoms with Crippen molar-refractivity contribution in [3.63, 3.8) is 0 Å². The molecule has 0 bridgehead atoms. The van der Waals surface area contributed by atoms with Crippen molar-refractivity contribution >= 4 is 16.8 Å². The summed E-state index contributed by atoms with van der Waals surface area (Å²) in [6.45, 7) is 5.06. The Bertz CT molecular complexity index is 930. The highest BCUT2D eigenvalue weighted by Crippen LogP contribution is 2.20. The lowest BCUT2D eigenvalue weighted by molar-refractivity contribution is -0.121. The molecule has 2 unspecified atom stereocenters. The Morgan fingerprint density at radius 3 is 2.76 bits per heavy atom. The lowest BCUT2D eigenvalue weighted by atomic mass is 9.97. The number of aromatic amines is 1. The van der Waals surface area contributed by atoms with E-state index >= 15 is 0 Å². The maximum atomic E-state index is 12.6. The van der Waals surface area contributed by atoms with Gasteiger partial charge in [0.15, 0.2) is 0 Å². The molecule has 2 N–H and O–H groups in total. The molecule has 2 heterocycles. The van der Waals surface area contributed by atoms with E-state index in [-0.39, 0.29) is 11.8 Å². The van der Waals surface area contributed by atoms with Gasteiger partial charge in [-0.3, -0.25) is 14.8 Å². The van der Waals surface area contributed by atoms with Crippen molar-refractivity contribution < 1.29 is 4.79 Å². The maximum Gasteiger partial charge on any atom is 0.220 e. The Balaban J connectivity index is 1.37. The molecule has 152 valence electrons. The predicted octanol–water partition coefficient (Wildman–Crippen LogP) is 3.88. The first kappa shape index (κ1) is 19.6. The first-order chi connectivity index (χ1) is 14.2. The molecular formula is C24H30N4O. The van der Waals surface area contributed by atoms with Crippen LogP contribution in [-0.2, 0) is 11.2 Å². The molecule has 1 fully saturated rings. The number of hydrogen-bond acceptors (Lipinski definition) is 3. The Hall–Kier alpha value is -2.66. The van der Waals surface area contributed by atoms with E-state index in [0.717, 1.165) is 30.4 Å². The molecule has 0 saturated carbocycles. The summed E-state index contributed by atoms with van der Waals surface area (Å²) in [5, 5.41) is 11.5. The standard InChI is InChI=1S/C24H30N4O/c1-18(20-7-3-2-4-8-20)13-24(29)25-17-22(28-11-5-6-12-28)15-19-9-10-23-21(14-19)16-26-27-23/h2-4,7-10,14,16,18,22H,5-6,11-13,15,17H2,1H3,(H,25,29)(H,26,27). The predicted molar refractivity (Wildman–Crippen MR) is 117 cm³/mol. The van der Waals surface area contributed by atoms with Crippen LogP contribution in [0.25, 0.3) is 10.9 Å². The van der Waals surface area contributed by atoms with Crippen molar-refractivity contribution in [3.05, 3.63) is 65.9 Å². The van der Waals surface area contributed by atoms with Crippen LogP contribution in [0.1, 0.15) is 43.2 Å². The molecule has 0 spiro atoms. The number of H-pyrrole nitrogens is 1. The van der Waals surface area contributed by atoms with Crippen LogP contribution in [0.2, 0.25) is 0 Å². The van der Waals surface area contributed by atoms with Crippen LogP contribution < -0.4 is 5.32 Å². The van der Waals surface area contributed by atoms with E-state index in [1.54, 1.807) is 0 Å². The van der Waals surface area contributed by atoms with Gasteiger partial charge in [0, 0.05) is 24.4 Å². The zero-order valence-corrected chi connectivity index (χ0v) is 17.1. The third-order valence-corrected chi connectivity index (χ3v) is 6.03. The second kappa shape index (κ2) is 9.23. The minimum absolute atomic E-state index is 0.135. The molecule has 1 amide bonds. The molecule has 2 aromatic carbocycles. The van der Waals surface area contributed by atoms with E-state index in [2.05, 4.69) is 57.7 Å². The van der Waals surface area contributed by atoms with Crippen molar-refractivity contribution in [2.24, 2.45) is 0 Å². The van der Waals surface area contributed by atoms with Gasteiger partial charge in [0.2, 0.25) is 5.91 Å². The molecule has 1 aliphatic heterocycles. The van der Waals surface area contributed by atoms with Crippen LogP contribution in [0, 0.1) is 0 Å². The zero-order valence-electron chi connectivity index (χ0n) is 17.1. The minimum atomic E-state index is 0.135. The van der Waals surface area contributed by atoms with Crippen LogP contribution in [0.5, 0.6) is 0 Å². The van der Waals surface area contributed by atoms with Crippen LogP contribution >= 0.6 is 0 Å². The molecule has 1 aromatic heterocycles. The number of nitrogens with one attached hydrogen (secondary N) is 2. The Morgan fingerprint density at radius 2 is 1.97 bits per heavy atom. The van der Waals surface area contributed by atoms with Gasteiger partial charge in [-0.2, -0.15) is 5.10 Å². The number of fused-ring (bicyclic) bond motifs is 1. The molecule has 29 heavy (non-hydrogen) atoms. The van der Waals surface area contributed by atoms with E-state index < -0.39 is 0 Å². The van der Waals surface area contributed by atoms with E-state index in [4.69, 9.17) is 0 Å². The van der Waals surface area contributed by atoms with Crippen LogP contribution in [0.4, 0.5) is 0 Å². The fourth-order valence-electron chi connectivity index (χ4n) is 4.31. The highest BCUT2D eigenvalue weighted by Gasteiger charge is 2.23. The van der Waals surface area contributed by atoms with Gasteiger partial charge in [-0.15, -0.1) is 0 Å². The number of amides is 1. The van der Waals surface area contributed by atoms with Crippen LogP contribution in [-0.4, -0.2) is 46.7 Å². The molecule has 5 nitrogen and oxygen atoms in total. The molecule has 2 atom stereocenters. The molecule has 1 aliphatic rings. The largest absolute Gasteiger partial charge is 0.355 e. The number of benzene rings is 2. The first-order valence-corrected chi connectivity index (χ1v) is 10.7. The smallest absolute Gasteiger partial charge is 0.220 e. The molecule has 4 rings (SSSR count). The third kappa shape index (κ3) is 5.04. The number of likely N-dealkylation sites (tertiary alicyclic amines) is 1. The zero-order chi connectivity index (χ0) is 20.1. The van der Waals surface area contributed by atoms with Gasteiger partial charge in [-0.25, -0.2) is 0 Å². The second-order valence-electron chi connectivity index (χ2n) is 8.21. The summed E-state index contributed by atoms with van der Waals surface area (Å²) in [4.78, 5) is 15.1. The molecule has 1 saturated heterocycles. The van der Waals surface area contributed by atoms with Gasteiger partial charge in [0.1, 0.15) is 0 Å². The second-order valence-corrected chi connectivity index (χ2v) is 8.21. The van der Waals surface area contributed by atoms with Crippen LogP contribution in [0.15, 0.2) is 54.7 Å². The van der Waals surface area contributed by atoms with Gasteiger partial charge in [-0.1, -0.05) is 43.3 Å². The average Bonchev–Trinajstić information content (AvgIpc) is 3.43. The number of nitrogens with zero attached hydrogens (tertiary/aromatic N) is 2. The van der Waals surface area contributed by atoms with Gasteiger partial charge in [-0.05, 0) is 61.5 Å². The Morgan fingerprint density at radius 1 is 1.17 bits per heavy atom. The summed E-state index contributed by atoms with van der Waals surface area (Å²) in [6.07, 6.45) is 5.83. The molecule has 0 aliphatic carbocycles. The molecule has 3 aromatic rings. The van der Waals surface area contributed by atoms with Crippen molar-refractivity contribution in [2.45, 2.75) is 44.6 Å². The Kier molecular flexibility index (Phi) is 6.25. The lowest BCUT2D eigenvalue weighted by Gasteiger charge is -2.28. The number of hydrogen-bond donors (Lipinski definition) is 2. The fraction of sp³-hybridized carbons (Fsp3) is 0.417. The van der Waals surface area contributed by atoms with Gasteiger partial charge in [0.05, 0.1) is 11.7 Å². The summed E-state index contributed by atoms with van der Waals surface area (Å²) < 4.78 is 0. The Labute approximate surface area is 172 Å². The highest BCUT2D eigenvalue weighted by atomic mass is 16.1. The van der Waals surface area contributed by atoms with E-state index in [1.165, 1.54) is 24.0 Å². The summed E-state index contributed by atoms with van der Waals surface area (Å²) in [6, 6.07) is 17.1. The highest BCUT2D eigenvalue weighted by molar-refractivity contribution is 5.78. The fourth-order valence-corrected chi connectivity index (χ4v) is 4.31. The topological polar surface area (TPSA) is 61.0 Å². The molecule has 0 radical (unpaired) electrons. The summed E-state index contributed by atoms with van der Waals surface area (Å²) in [5.74, 6) is 0.362. The van der Waals surface area contributed by atoms with Crippen molar-refractivity contribution in [2.75, 3.05) is 19.6 Å². The molecule has 5 heteroatoms. The number of rotatable bonds is 8. The van der Waals surface area contributed by atoms with Crippen molar-refractivity contribution in [3.8, 4) is 0 Å². The lowest BCUT2D eigenvalue weighted by Crippen LogP contribution is -2.44. The van der Waals surface area contributed by atoms with Gasteiger partial charge < -0.3 is 5.32 Å². The first-order valence-electron chi connectivity index (χ1n) is 10.7. The quantitative estimate of drug-likeness (QED) is 0.614.